The second-order valence-corrected chi connectivity index (χ2v) is 5.82. The Labute approximate surface area is 97.0 Å². The molecule has 1 heteroatoms. The van der Waals surface area contributed by atoms with E-state index in [0.29, 0.717) is 5.41 Å². The fourth-order valence-corrected chi connectivity index (χ4v) is 2.08. The number of unbranched alkanes of at least 4 members (excludes halogenated alkanes) is 4. The molecule has 0 aliphatic heterocycles. The fourth-order valence-electron chi connectivity index (χ4n) is 2.08. The lowest BCUT2D eigenvalue weighted by molar-refractivity contribution is 0.216. The van der Waals surface area contributed by atoms with Crippen molar-refractivity contribution in [3.05, 3.63) is 0 Å². The Morgan fingerprint density at radius 3 is 2.07 bits per heavy atom. The number of hydrogen-bond acceptors (Lipinski definition) is 1. The van der Waals surface area contributed by atoms with Crippen LogP contribution in [0.3, 0.4) is 0 Å². The molecule has 15 heavy (non-hydrogen) atoms. The van der Waals surface area contributed by atoms with E-state index in [-0.39, 0.29) is 0 Å². The van der Waals surface area contributed by atoms with Crippen molar-refractivity contribution in [1.29, 1.82) is 0 Å². The number of hydrogen-bond donors (Lipinski definition) is 1. The van der Waals surface area contributed by atoms with Crippen molar-refractivity contribution in [1.82, 2.24) is 5.32 Å². The Balaban J connectivity index is 3.67. The molecule has 0 rings (SSSR count). The summed E-state index contributed by atoms with van der Waals surface area (Å²) >= 11 is 0. The lowest BCUT2D eigenvalue weighted by Gasteiger charge is -2.30. The molecular weight excluding hydrogens is 182 g/mol. The molecule has 0 bridgehead atoms. The van der Waals surface area contributed by atoms with Gasteiger partial charge in [-0.3, -0.25) is 0 Å². The van der Waals surface area contributed by atoms with Crippen molar-refractivity contribution in [3.8, 4) is 0 Å². The minimum atomic E-state index is 0.452. The molecular formula is C14H31N. The maximum Gasteiger partial charge on any atom is -0.00185 e. The van der Waals surface area contributed by atoms with Gasteiger partial charge >= 0.3 is 0 Å². The fraction of sp³-hybridized carbons (Fsp3) is 1.00. The van der Waals surface area contributed by atoms with Crippen LogP contribution in [0, 0.1) is 11.3 Å². The monoisotopic (exact) mass is 213 g/mol. The standard InChI is InChI=1S/C14H31N/c1-6-7-8-9-10-11-13(12-15-5)14(2,3)4/h13,15H,6-12H2,1-5H3. The lowest BCUT2D eigenvalue weighted by atomic mass is 9.77. The van der Waals surface area contributed by atoms with Crippen LogP contribution >= 0.6 is 0 Å². The van der Waals surface area contributed by atoms with Gasteiger partial charge in [-0.2, -0.15) is 0 Å². The highest BCUT2D eigenvalue weighted by Crippen LogP contribution is 2.29. The molecule has 0 amide bonds. The van der Waals surface area contributed by atoms with E-state index in [1.807, 2.05) is 0 Å². The van der Waals surface area contributed by atoms with Gasteiger partial charge in [-0.25, -0.2) is 0 Å². The van der Waals surface area contributed by atoms with Crippen LogP contribution in [0.2, 0.25) is 0 Å². The highest BCUT2D eigenvalue weighted by molar-refractivity contribution is 4.75. The van der Waals surface area contributed by atoms with E-state index >= 15 is 0 Å². The molecule has 0 aliphatic carbocycles. The maximum atomic E-state index is 3.33. The second kappa shape index (κ2) is 8.15. The predicted molar refractivity (Wildman–Crippen MR) is 70.2 cm³/mol. The predicted octanol–water partition coefficient (Wildman–Crippen LogP) is 4.23. The summed E-state index contributed by atoms with van der Waals surface area (Å²) in [5, 5.41) is 3.33. The summed E-state index contributed by atoms with van der Waals surface area (Å²) in [6.07, 6.45) is 8.39. The van der Waals surface area contributed by atoms with Crippen LogP contribution in [-0.4, -0.2) is 13.6 Å². The van der Waals surface area contributed by atoms with Crippen molar-refractivity contribution in [3.63, 3.8) is 0 Å². The third-order valence-electron chi connectivity index (χ3n) is 3.33. The van der Waals surface area contributed by atoms with Crippen molar-refractivity contribution < 1.29 is 0 Å². The molecule has 1 atom stereocenters. The van der Waals surface area contributed by atoms with E-state index in [9.17, 15) is 0 Å². The van der Waals surface area contributed by atoms with Gasteiger partial charge in [0, 0.05) is 0 Å². The van der Waals surface area contributed by atoms with Gasteiger partial charge in [0.1, 0.15) is 0 Å². The summed E-state index contributed by atoms with van der Waals surface area (Å²) in [6.45, 7) is 10.5. The highest BCUT2D eigenvalue weighted by Gasteiger charge is 2.22. The van der Waals surface area contributed by atoms with Crippen LogP contribution < -0.4 is 5.32 Å². The van der Waals surface area contributed by atoms with Crippen LogP contribution in [-0.2, 0) is 0 Å². The summed E-state index contributed by atoms with van der Waals surface area (Å²) in [5.41, 5.74) is 0.452. The van der Waals surface area contributed by atoms with E-state index in [1.54, 1.807) is 0 Å². The topological polar surface area (TPSA) is 12.0 Å². The average molecular weight is 213 g/mol. The summed E-state index contributed by atoms with van der Waals surface area (Å²) < 4.78 is 0. The van der Waals surface area contributed by atoms with E-state index in [2.05, 4.69) is 40.1 Å². The molecule has 1 nitrogen and oxygen atoms in total. The first-order valence-electron chi connectivity index (χ1n) is 6.67. The average Bonchev–Trinajstić information content (AvgIpc) is 2.14. The molecule has 0 fully saturated rings. The maximum absolute atomic E-state index is 3.33. The van der Waals surface area contributed by atoms with E-state index in [0.717, 1.165) is 12.5 Å². The highest BCUT2D eigenvalue weighted by atomic mass is 14.8. The van der Waals surface area contributed by atoms with Crippen molar-refractivity contribution in [2.75, 3.05) is 13.6 Å². The van der Waals surface area contributed by atoms with Gasteiger partial charge in [-0.1, -0.05) is 59.8 Å². The molecule has 0 saturated carbocycles. The molecule has 0 aliphatic rings. The van der Waals surface area contributed by atoms with Gasteiger partial charge in [0.15, 0.2) is 0 Å². The Hall–Kier alpha value is -0.0400. The SMILES string of the molecule is CCCCCCCC(CNC)C(C)(C)C. The van der Waals surface area contributed by atoms with Crippen LogP contribution in [0.5, 0.6) is 0 Å². The smallest absolute Gasteiger partial charge is 0.00185 e. The Bertz CT molecular complexity index is 135. The van der Waals surface area contributed by atoms with Crippen LogP contribution in [0.4, 0.5) is 0 Å². The minimum absolute atomic E-state index is 0.452. The molecule has 1 unspecified atom stereocenters. The van der Waals surface area contributed by atoms with Crippen molar-refractivity contribution >= 4 is 0 Å². The van der Waals surface area contributed by atoms with Gasteiger partial charge in [0.25, 0.3) is 0 Å². The van der Waals surface area contributed by atoms with E-state index in [4.69, 9.17) is 0 Å². The second-order valence-electron chi connectivity index (χ2n) is 5.82. The first kappa shape index (κ1) is 15.0. The summed E-state index contributed by atoms with van der Waals surface area (Å²) in [4.78, 5) is 0. The van der Waals surface area contributed by atoms with Gasteiger partial charge in [0.2, 0.25) is 0 Å². The van der Waals surface area contributed by atoms with Gasteiger partial charge in [0.05, 0.1) is 0 Å². The van der Waals surface area contributed by atoms with Crippen LogP contribution in [0.15, 0.2) is 0 Å². The molecule has 0 aromatic rings. The molecule has 92 valence electrons. The summed E-state index contributed by atoms with van der Waals surface area (Å²) in [5.74, 6) is 0.823. The molecule has 0 aromatic carbocycles. The van der Waals surface area contributed by atoms with Gasteiger partial charge < -0.3 is 5.32 Å². The summed E-state index contributed by atoms with van der Waals surface area (Å²) in [6, 6.07) is 0. The zero-order chi connectivity index (χ0) is 11.7. The molecule has 0 heterocycles. The summed E-state index contributed by atoms with van der Waals surface area (Å²) in [7, 11) is 2.07. The number of rotatable bonds is 8. The number of nitrogens with one attached hydrogen (secondary N) is 1. The minimum Gasteiger partial charge on any atom is -0.319 e. The van der Waals surface area contributed by atoms with Gasteiger partial charge in [-0.15, -0.1) is 0 Å². The molecule has 1 N–H and O–H groups in total. The van der Waals surface area contributed by atoms with Crippen LogP contribution in [0.1, 0.15) is 66.2 Å². The third-order valence-corrected chi connectivity index (χ3v) is 3.33. The van der Waals surface area contributed by atoms with Gasteiger partial charge in [-0.05, 0) is 31.3 Å². The largest absolute Gasteiger partial charge is 0.319 e. The quantitative estimate of drug-likeness (QED) is 0.595. The Morgan fingerprint density at radius 2 is 1.60 bits per heavy atom. The molecule has 0 aromatic heterocycles. The van der Waals surface area contributed by atoms with E-state index in [1.165, 1.54) is 38.5 Å². The Morgan fingerprint density at radius 1 is 1.00 bits per heavy atom. The molecule has 0 radical (unpaired) electrons. The third kappa shape index (κ3) is 7.84. The normalized spacial score (nSPS) is 14.2. The molecule has 0 saturated heterocycles. The molecule has 0 spiro atoms. The van der Waals surface area contributed by atoms with E-state index < -0.39 is 0 Å². The zero-order valence-electron chi connectivity index (χ0n) is 11.5. The first-order valence-corrected chi connectivity index (χ1v) is 6.67. The zero-order valence-corrected chi connectivity index (χ0v) is 11.5. The Kier molecular flexibility index (Phi) is 8.13. The van der Waals surface area contributed by atoms with Crippen molar-refractivity contribution in [2.45, 2.75) is 66.2 Å². The van der Waals surface area contributed by atoms with Crippen LogP contribution in [0.25, 0.3) is 0 Å². The lowest BCUT2D eigenvalue weighted by Crippen LogP contribution is -2.30. The first-order chi connectivity index (χ1) is 7.02. The van der Waals surface area contributed by atoms with Crippen molar-refractivity contribution in [2.24, 2.45) is 11.3 Å².